The van der Waals surface area contributed by atoms with Crippen LogP contribution in [0.25, 0.3) is 20.8 Å². The van der Waals surface area contributed by atoms with Gasteiger partial charge in [0.05, 0.1) is 33.8 Å². The maximum Gasteiger partial charge on any atom is 0.225 e. The molecule has 1 aromatic carbocycles. The van der Waals surface area contributed by atoms with Crippen LogP contribution < -0.4 is 10.6 Å². The molecule has 3 N–H and O–H groups in total. The van der Waals surface area contributed by atoms with E-state index in [2.05, 4.69) is 16.7 Å². The highest BCUT2D eigenvalue weighted by Gasteiger charge is 2.27. The summed E-state index contributed by atoms with van der Waals surface area (Å²) in [5.41, 5.74) is 2.79. The number of aliphatic hydroxyl groups is 1. The lowest BCUT2D eigenvalue weighted by atomic mass is 10.1. The Morgan fingerprint density at radius 1 is 1.16 bits per heavy atom. The monoisotopic (exact) mass is 449 g/mol. The van der Waals surface area contributed by atoms with Crippen molar-refractivity contribution in [2.75, 3.05) is 17.2 Å². The number of nitrogens with zero attached hydrogens (tertiary/aromatic N) is 3. The Bertz CT molecular complexity index is 1170. The Morgan fingerprint density at radius 2 is 2.03 bits per heavy atom. The Balaban J connectivity index is 1.52. The number of nitrogens with one attached hydrogen (secondary N) is 2. The molecule has 3 heterocycles. The number of aromatic nitrogens is 3. The van der Waals surface area contributed by atoms with Crippen molar-refractivity contribution in [1.82, 2.24) is 15.0 Å². The number of aliphatic hydroxyl groups excluding tert-OH is 1. The third-order valence-corrected chi connectivity index (χ3v) is 7.11. The van der Waals surface area contributed by atoms with E-state index in [0.29, 0.717) is 11.9 Å². The van der Waals surface area contributed by atoms with Crippen LogP contribution in [-0.2, 0) is 0 Å². The summed E-state index contributed by atoms with van der Waals surface area (Å²) in [7, 11) is 0. The van der Waals surface area contributed by atoms with Crippen molar-refractivity contribution in [1.29, 1.82) is 0 Å². The van der Waals surface area contributed by atoms with Crippen LogP contribution in [0.1, 0.15) is 43.7 Å². The van der Waals surface area contributed by atoms with Gasteiger partial charge in [0.2, 0.25) is 5.95 Å². The minimum absolute atomic E-state index is 0.0594. The number of furan rings is 1. The van der Waals surface area contributed by atoms with Crippen molar-refractivity contribution in [3.05, 3.63) is 54.1 Å². The van der Waals surface area contributed by atoms with E-state index in [4.69, 9.17) is 19.4 Å². The van der Waals surface area contributed by atoms with Crippen LogP contribution in [0.2, 0.25) is 0 Å². The van der Waals surface area contributed by atoms with Gasteiger partial charge in [-0.1, -0.05) is 12.1 Å². The van der Waals surface area contributed by atoms with Gasteiger partial charge in [0, 0.05) is 12.6 Å². The van der Waals surface area contributed by atoms with Crippen molar-refractivity contribution >= 4 is 33.3 Å². The maximum absolute atomic E-state index is 9.56. The third kappa shape index (κ3) is 4.20. The molecule has 0 saturated heterocycles. The van der Waals surface area contributed by atoms with Crippen LogP contribution in [0.5, 0.6) is 0 Å². The summed E-state index contributed by atoms with van der Waals surface area (Å²) in [5, 5.41) is 17.5. The van der Waals surface area contributed by atoms with E-state index in [9.17, 15) is 5.11 Å². The smallest absolute Gasteiger partial charge is 0.225 e. The molecule has 7 nitrogen and oxygen atoms in total. The lowest BCUT2D eigenvalue weighted by molar-refractivity contribution is 0.229. The minimum Gasteiger partial charge on any atom is -0.467 e. The SMILES string of the molecule is Cc1nc(NC(C)c2ccco2)nc(NC2CCC(CO)C2)c1-c1nc2ccccc2s1. The van der Waals surface area contributed by atoms with Crippen molar-refractivity contribution in [3.63, 3.8) is 0 Å². The van der Waals surface area contributed by atoms with Gasteiger partial charge in [-0.3, -0.25) is 0 Å². The lowest BCUT2D eigenvalue weighted by Crippen LogP contribution is -2.19. The Kier molecular flexibility index (Phi) is 5.80. The molecule has 0 aliphatic heterocycles. The number of fused-ring (bicyclic) bond motifs is 1. The average molecular weight is 450 g/mol. The fourth-order valence-corrected chi connectivity index (χ4v) is 5.41. The van der Waals surface area contributed by atoms with Crippen LogP contribution in [0.3, 0.4) is 0 Å². The molecule has 0 bridgehead atoms. The number of thiazole rings is 1. The Hall–Kier alpha value is -2.97. The van der Waals surface area contributed by atoms with Gasteiger partial charge in [0.15, 0.2) is 0 Å². The molecule has 3 atom stereocenters. The molecule has 8 heteroatoms. The zero-order valence-corrected chi connectivity index (χ0v) is 19.0. The van der Waals surface area contributed by atoms with E-state index in [1.54, 1.807) is 17.6 Å². The largest absolute Gasteiger partial charge is 0.467 e. The van der Waals surface area contributed by atoms with Crippen LogP contribution in [-0.4, -0.2) is 32.7 Å². The van der Waals surface area contributed by atoms with E-state index < -0.39 is 0 Å². The van der Waals surface area contributed by atoms with Crippen molar-refractivity contribution in [2.45, 2.75) is 45.2 Å². The number of aryl methyl sites for hydroxylation is 1. The topological polar surface area (TPSA) is 96.1 Å². The number of hydrogen-bond acceptors (Lipinski definition) is 8. The van der Waals surface area contributed by atoms with Gasteiger partial charge in [-0.25, -0.2) is 9.97 Å². The summed E-state index contributed by atoms with van der Waals surface area (Å²) >= 11 is 1.65. The third-order valence-electron chi connectivity index (χ3n) is 6.05. The van der Waals surface area contributed by atoms with E-state index in [1.807, 2.05) is 44.2 Å². The summed E-state index contributed by atoms with van der Waals surface area (Å²) in [4.78, 5) is 14.5. The van der Waals surface area contributed by atoms with Crippen LogP contribution in [0.15, 0.2) is 47.1 Å². The number of rotatable bonds is 7. The number of para-hydroxylation sites is 1. The summed E-state index contributed by atoms with van der Waals surface area (Å²) in [5.74, 6) is 2.51. The molecular formula is C24H27N5O2S. The first-order valence-electron chi connectivity index (χ1n) is 11.0. The normalized spacial score (nSPS) is 19.3. The van der Waals surface area contributed by atoms with Crippen molar-refractivity contribution in [2.24, 2.45) is 5.92 Å². The van der Waals surface area contributed by atoms with Gasteiger partial charge in [0.1, 0.15) is 16.6 Å². The number of anilines is 2. The second-order valence-corrected chi connectivity index (χ2v) is 9.46. The second kappa shape index (κ2) is 8.88. The molecule has 4 aromatic rings. The van der Waals surface area contributed by atoms with Gasteiger partial charge in [0.25, 0.3) is 0 Å². The standard InChI is InChI=1S/C24H27N5O2S/c1-14(19-7-5-11-31-19)25-24-26-15(2)21(23-28-18-6-3-4-8-20(18)32-23)22(29-24)27-17-10-9-16(12-17)13-30/h3-8,11,14,16-17,30H,9-10,12-13H2,1-2H3,(H2,25,26,27,29). The molecule has 3 unspecified atom stereocenters. The van der Waals surface area contributed by atoms with E-state index >= 15 is 0 Å². The molecule has 1 aliphatic carbocycles. The van der Waals surface area contributed by atoms with Crippen molar-refractivity contribution < 1.29 is 9.52 Å². The molecule has 3 aromatic heterocycles. The predicted molar refractivity (Wildman–Crippen MR) is 128 cm³/mol. The summed E-state index contributed by atoms with van der Waals surface area (Å²) < 4.78 is 6.66. The molecule has 32 heavy (non-hydrogen) atoms. The molecule has 166 valence electrons. The number of hydrogen-bond donors (Lipinski definition) is 3. The van der Waals surface area contributed by atoms with Crippen LogP contribution >= 0.6 is 11.3 Å². The van der Waals surface area contributed by atoms with Gasteiger partial charge in [-0.15, -0.1) is 11.3 Å². The van der Waals surface area contributed by atoms with Gasteiger partial charge < -0.3 is 20.2 Å². The summed E-state index contributed by atoms with van der Waals surface area (Å²) in [6.45, 7) is 4.26. The van der Waals surface area contributed by atoms with Crippen LogP contribution in [0, 0.1) is 12.8 Å². The molecular weight excluding hydrogens is 422 g/mol. The van der Waals surface area contributed by atoms with Gasteiger partial charge in [-0.05, 0) is 63.3 Å². The molecule has 1 aliphatic rings. The highest BCUT2D eigenvalue weighted by Crippen LogP contribution is 2.38. The average Bonchev–Trinajstić information content (AvgIpc) is 3.53. The van der Waals surface area contributed by atoms with Crippen molar-refractivity contribution in [3.8, 4) is 10.6 Å². The molecule has 0 spiro atoms. The Morgan fingerprint density at radius 3 is 2.78 bits per heavy atom. The summed E-state index contributed by atoms with van der Waals surface area (Å²) in [6.07, 6.45) is 4.64. The number of benzene rings is 1. The van der Waals surface area contributed by atoms with E-state index in [0.717, 1.165) is 57.3 Å². The first kappa shape index (κ1) is 20.9. The highest BCUT2D eigenvalue weighted by atomic mass is 32.1. The zero-order valence-electron chi connectivity index (χ0n) is 18.2. The molecule has 0 radical (unpaired) electrons. The van der Waals surface area contributed by atoms with Gasteiger partial charge in [-0.2, -0.15) is 4.98 Å². The first-order chi connectivity index (χ1) is 15.6. The second-order valence-electron chi connectivity index (χ2n) is 8.43. The first-order valence-corrected chi connectivity index (χ1v) is 11.8. The quantitative estimate of drug-likeness (QED) is 0.347. The molecule has 5 rings (SSSR count). The molecule has 0 amide bonds. The predicted octanol–water partition coefficient (Wildman–Crippen LogP) is 5.40. The fraction of sp³-hybridized carbons (Fsp3) is 0.375. The van der Waals surface area contributed by atoms with E-state index in [-0.39, 0.29) is 18.7 Å². The minimum atomic E-state index is -0.0594. The lowest BCUT2D eigenvalue weighted by Gasteiger charge is -2.19. The Labute approximate surface area is 190 Å². The molecule has 1 fully saturated rings. The van der Waals surface area contributed by atoms with Gasteiger partial charge >= 0.3 is 0 Å². The highest BCUT2D eigenvalue weighted by molar-refractivity contribution is 7.21. The summed E-state index contributed by atoms with van der Waals surface area (Å²) in [6, 6.07) is 12.2. The van der Waals surface area contributed by atoms with E-state index in [1.165, 1.54) is 0 Å². The maximum atomic E-state index is 9.56. The zero-order chi connectivity index (χ0) is 22.1. The van der Waals surface area contributed by atoms with Crippen LogP contribution in [0.4, 0.5) is 11.8 Å². The molecule has 1 saturated carbocycles. The fourth-order valence-electron chi connectivity index (χ4n) is 4.34.